The van der Waals surface area contributed by atoms with Gasteiger partial charge in [0.2, 0.25) is 0 Å². The number of fused-ring (bicyclic) bond motifs is 3. The Morgan fingerprint density at radius 2 is 1.59 bits per heavy atom. The summed E-state index contributed by atoms with van der Waals surface area (Å²) in [5.74, 6) is -1.27. The lowest BCUT2D eigenvalue weighted by Gasteiger charge is -2.37. The van der Waals surface area contributed by atoms with Crippen LogP contribution in [0.5, 0.6) is 5.75 Å². The van der Waals surface area contributed by atoms with E-state index < -0.39 is 27.7 Å². The molecule has 0 amide bonds. The summed E-state index contributed by atoms with van der Waals surface area (Å²) in [6.45, 7) is 1.62. The largest absolute Gasteiger partial charge is 0.508 e. The first-order valence-electron chi connectivity index (χ1n) is 8.22. The van der Waals surface area contributed by atoms with Crippen LogP contribution >= 0.6 is 0 Å². The van der Waals surface area contributed by atoms with E-state index in [2.05, 4.69) is 0 Å². The summed E-state index contributed by atoms with van der Waals surface area (Å²) in [6, 6.07) is 12.5. The second-order valence-corrected chi connectivity index (χ2v) is 8.18. The first kappa shape index (κ1) is 17.5. The van der Waals surface area contributed by atoms with E-state index in [-0.39, 0.29) is 16.3 Å². The lowest BCUT2D eigenvalue weighted by atomic mass is 9.90. The minimum Gasteiger partial charge on any atom is -0.508 e. The number of sulfonamides is 1. The van der Waals surface area contributed by atoms with Crippen LogP contribution in [0.15, 0.2) is 65.6 Å². The molecule has 1 aliphatic rings. The highest BCUT2D eigenvalue weighted by atomic mass is 32.2. The average Bonchev–Trinajstić information content (AvgIpc) is 2.62. The molecule has 3 aromatic rings. The number of halogens is 2. The molecule has 0 fully saturated rings. The Bertz CT molecular complexity index is 1160. The molecular formula is C20H15F2NO3S. The molecule has 0 unspecified atom stereocenters. The number of nitrogens with zero attached hydrogens (tertiary/aromatic N) is 1. The Morgan fingerprint density at radius 3 is 2.30 bits per heavy atom. The van der Waals surface area contributed by atoms with Gasteiger partial charge in [-0.05, 0) is 60.5 Å². The number of phenolic OH excluding ortho intramolecular Hbond substituents is 1. The van der Waals surface area contributed by atoms with Gasteiger partial charge in [-0.3, -0.25) is 4.31 Å². The molecule has 0 aliphatic carbocycles. The molecule has 7 heteroatoms. The van der Waals surface area contributed by atoms with Crippen LogP contribution in [0, 0.1) is 11.6 Å². The zero-order chi connectivity index (χ0) is 19.3. The molecule has 1 heterocycles. The van der Waals surface area contributed by atoms with Crippen molar-refractivity contribution in [2.24, 2.45) is 0 Å². The van der Waals surface area contributed by atoms with E-state index in [4.69, 9.17) is 0 Å². The van der Waals surface area contributed by atoms with Crippen LogP contribution in [0.25, 0.3) is 11.1 Å². The van der Waals surface area contributed by atoms with Crippen LogP contribution < -0.4 is 4.31 Å². The molecule has 0 saturated carbocycles. The lowest BCUT2D eigenvalue weighted by molar-refractivity contribution is 0.473. The van der Waals surface area contributed by atoms with Crippen molar-refractivity contribution in [3.05, 3.63) is 77.9 Å². The molecule has 27 heavy (non-hydrogen) atoms. The van der Waals surface area contributed by atoms with Crippen LogP contribution in [0.1, 0.15) is 18.5 Å². The monoisotopic (exact) mass is 387 g/mol. The van der Waals surface area contributed by atoms with E-state index in [1.54, 1.807) is 13.0 Å². The van der Waals surface area contributed by atoms with Crippen molar-refractivity contribution in [3.63, 3.8) is 0 Å². The average molecular weight is 387 g/mol. The number of hydrogen-bond donors (Lipinski definition) is 1. The highest BCUT2D eigenvalue weighted by molar-refractivity contribution is 7.92. The SMILES string of the molecule is C[C@@H]1c2cc(F)ccc2-c2ccc(F)cc2N1S(=O)(=O)c1cccc(O)c1. The lowest BCUT2D eigenvalue weighted by Crippen LogP contribution is -2.36. The van der Waals surface area contributed by atoms with Gasteiger partial charge in [0.1, 0.15) is 17.4 Å². The second kappa shape index (κ2) is 6.06. The Hall–Kier alpha value is -2.93. The molecule has 4 nitrogen and oxygen atoms in total. The van der Waals surface area contributed by atoms with Gasteiger partial charge < -0.3 is 5.11 Å². The van der Waals surface area contributed by atoms with Gasteiger partial charge in [-0.15, -0.1) is 0 Å². The molecule has 4 rings (SSSR count). The Morgan fingerprint density at radius 1 is 0.926 bits per heavy atom. The number of anilines is 1. The van der Waals surface area contributed by atoms with Gasteiger partial charge in [-0.25, -0.2) is 17.2 Å². The van der Waals surface area contributed by atoms with Crippen molar-refractivity contribution in [1.29, 1.82) is 0 Å². The summed E-state index contributed by atoms with van der Waals surface area (Å²) < 4.78 is 55.5. The summed E-state index contributed by atoms with van der Waals surface area (Å²) in [4.78, 5) is -0.135. The van der Waals surface area contributed by atoms with Gasteiger partial charge in [0.05, 0.1) is 16.6 Å². The molecule has 0 radical (unpaired) electrons. The fraction of sp³-hybridized carbons (Fsp3) is 0.100. The Labute approximate surface area is 155 Å². The van der Waals surface area contributed by atoms with E-state index in [9.17, 15) is 22.3 Å². The topological polar surface area (TPSA) is 57.6 Å². The molecule has 0 saturated heterocycles. The van der Waals surface area contributed by atoms with Crippen molar-refractivity contribution in [2.75, 3.05) is 4.31 Å². The smallest absolute Gasteiger partial charge is 0.265 e. The quantitative estimate of drug-likeness (QED) is 0.699. The number of aromatic hydroxyl groups is 1. The van der Waals surface area contributed by atoms with Crippen LogP contribution in [0.2, 0.25) is 0 Å². The van der Waals surface area contributed by atoms with Crippen molar-refractivity contribution in [1.82, 2.24) is 0 Å². The van der Waals surface area contributed by atoms with E-state index >= 15 is 0 Å². The summed E-state index contributed by atoms with van der Waals surface area (Å²) >= 11 is 0. The molecule has 1 N–H and O–H groups in total. The molecule has 138 valence electrons. The van der Waals surface area contributed by atoms with Gasteiger partial charge in [-0.2, -0.15) is 0 Å². The van der Waals surface area contributed by atoms with Crippen LogP contribution in [-0.4, -0.2) is 13.5 Å². The minimum atomic E-state index is -4.14. The fourth-order valence-corrected chi connectivity index (χ4v) is 5.16. The maximum Gasteiger partial charge on any atom is 0.265 e. The van der Waals surface area contributed by atoms with Crippen LogP contribution in [-0.2, 0) is 10.0 Å². The number of rotatable bonds is 2. The summed E-state index contributed by atoms with van der Waals surface area (Å²) in [5.41, 5.74) is 1.80. The zero-order valence-corrected chi connectivity index (χ0v) is 15.0. The number of hydrogen-bond acceptors (Lipinski definition) is 3. The molecule has 0 bridgehead atoms. The maximum absolute atomic E-state index is 14.0. The van der Waals surface area contributed by atoms with E-state index in [1.165, 1.54) is 42.5 Å². The highest BCUT2D eigenvalue weighted by Crippen LogP contribution is 2.47. The van der Waals surface area contributed by atoms with Crippen molar-refractivity contribution in [3.8, 4) is 16.9 Å². The van der Waals surface area contributed by atoms with E-state index in [0.29, 0.717) is 16.7 Å². The van der Waals surface area contributed by atoms with Gasteiger partial charge in [-0.1, -0.05) is 12.1 Å². The second-order valence-electron chi connectivity index (χ2n) is 6.37. The minimum absolute atomic E-state index is 0.135. The van der Waals surface area contributed by atoms with Gasteiger partial charge >= 0.3 is 0 Å². The van der Waals surface area contributed by atoms with Gasteiger partial charge in [0, 0.05) is 11.6 Å². The first-order chi connectivity index (χ1) is 12.8. The molecule has 1 atom stereocenters. The molecule has 1 aliphatic heterocycles. The van der Waals surface area contributed by atoms with Gasteiger partial charge in [0.15, 0.2) is 0 Å². The predicted octanol–water partition coefficient (Wildman–Crippen LogP) is 4.61. The predicted molar refractivity (Wildman–Crippen MR) is 98.0 cm³/mol. The standard InChI is InChI=1S/C20H15F2NO3S/c1-12-19-9-13(21)5-7-17(19)18-8-6-14(22)10-20(18)23(12)27(25,26)16-4-2-3-15(24)11-16/h2-12,24H,1H3/t12-/m1/s1. The van der Waals surface area contributed by atoms with E-state index in [0.717, 1.165) is 16.4 Å². The normalized spacial score (nSPS) is 16.0. The van der Waals surface area contributed by atoms with Crippen molar-refractivity contribution in [2.45, 2.75) is 17.9 Å². The van der Waals surface area contributed by atoms with Gasteiger partial charge in [0.25, 0.3) is 10.0 Å². The highest BCUT2D eigenvalue weighted by Gasteiger charge is 2.37. The Kier molecular flexibility index (Phi) is 3.92. The Balaban J connectivity index is 2.00. The first-order valence-corrected chi connectivity index (χ1v) is 9.66. The third kappa shape index (κ3) is 2.75. The van der Waals surface area contributed by atoms with Crippen molar-refractivity contribution < 1.29 is 22.3 Å². The molecular weight excluding hydrogens is 372 g/mol. The van der Waals surface area contributed by atoms with Crippen LogP contribution in [0.3, 0.4) is 0 Å². The summed E-state index contributed by atoms with van der Waals surface area (Å²) in [7, 11) is -4.14. The molecule has 0 spiro atoms. The number of benzene rings is 3. The fourth-order valence-electron chi connectivity index (χ4n) is 3.47. The third-order valence-corrected chi connectivity index (χ3v) is 6.56. The molecule has 3 aromatic carbocycles. The third-order valence-electron chi connectivity index (χ3n) is 4.68. The van der Waals surface area contributed by atoms with Crippen molar-refractivity contribution >= 4 is 15.7 Å². The van der Waals surface area contributed by atoms with Crippen LogP contribution in [0.4, 0.5) is 14.5 Å². The summed E-state index contributed by atoms with van der Waals surface area (Å²) in [5, 5.41) is 9.68. The van der Waals surface area contributed by atoms with E-state index in [1.807, 2.05) is 0 Å². The maximum atomic E-state index is 14.0. The zero-order valence-electron chi connectivity index (χ0n) is 14.2. The molecule has 0 aromatic heterocycles. The summed E-state index contributed by atoms with van der Waals surface area (Å²) in [6.07, 6.45) is 0. The number of phenols is 1.